The molecule has 0 radical (unpaired) electrons. The number of amides is 1. The normalized spacial score (nSPS) is 11.0. The van der Waals surface area contributed by atoms with Gasteiger partial charge in [-0.15, -0.1) is 0 Å². The molecule has 0 saturated carbocycles. The number of nitrogens with zero attached hydrogens (tertiary/aromatic N) is 3. The summed E-state index contributed by atoms with van der Waals surface area (Å²) in [5.74, 6) is -0.258. The highest BCUT2D eigenvalue weighted by Gasteiger charge is 2.02. The molecule has 2 aromatic carbocycles. The molecule has 0 aliphatic carbocycles. The minimum absolute atomic E-state index is 0.258. The van der Waals surface area contributed by atoms with Gasteiger partial charge in [-0.05, 0) is 40.1 Å². The number of carbonyl (C=O) groups excluding carboxylic acids is 1. The van der Waals surface area contributed by atoms with Crippen molar-refractivity contribution in [2.24, 2.45) is 5.10 Å². The molecule has 3 rings (SSSR count). The maximum absolute atomic E-state index is 11.7. The third-order valence-electron chi connectivity index (χ3n) is 2.69. The highest BCUT2D eigenvalue weighted by atomic mass is 16.6. The Kier molecular flexibility index (Phi) is 3.20. The topological polar surface area (TPSA) is 80.4 Å². The smallest absolute Gasteiger partial charge is 0.267 e. The van der Waals surface area contributed by atoms with E-state index in [1.165, 1.54) is 6.21 Å². The predicted octanol–water partition coefficient (Wildman–Crippen LogP) is 1.99. The monoisotopic (exact) mass is 266 g/mol. The maximum atomic E-state index is 11.7. The lowest BCUT2D eigenvalue weighted by Gasteiger charge is -1.98. The van der Waals surface area contributed by atoms with E-state index in [0.29, 0.717) is 16.6 Å². The number of benzene rings is 2. The summed E-state index contributed by atoms with van der Waals surface area (Å²) in [6.45, 7) is 0. The van der Waals surface area contributed by atoms with E-state index in [4.69, 9.17) is 0 Å². The highest BCUT2D eigenvalue weighted by molar-refractivity contribution is 5.95. The van der Waals surface area contributed by atoms with Crippen LogP contribution in [0.4, 0.5) is 0 Å². The quantitative estimate of drug-likeness (QED) is 0.580. The molecule has 0 aliphatic rings. The van der Waals surface area contributed by atoms with Gasteiger partial charge in [-0.25, -0.2) is 10.1 Å². The molecule has 6 nitrogen and oxygen atoms in total. The Labute approximate surface area is 114 Å². The Hall–Kier alpha value is -3.02. The van der Waals surface area contributed by atoms with E-state index >= 15 is 0 Å². The van der Waals surface area contributed by atoms with Gasteiger partial charge in [0.15, 0.2) is 0 Å². The molecule has 1 heterocycles. The molecule has 6 heteroatoms. The van der Waals surface area contributed by atoms with Crippen molar-refractivity contribution in [2.45, 2.75) is 0 Å². The summed E-state index contributed by atoms with van der Waals surface area (Å²) >= 11 is 0. The zero-order valence-electron chi connectivity index (χ0n) is 10.4. The lowest BCUT2D eigenvalue weighted by molar-refractivity contribution is 0.0955. The van der Waals surface area contributed by atoms with Crippen LogP contribution in [0.1, 0.15) is 15.9 Å². The van der Waals surface area contributed by atoms with Gasteiger partial charge in [0.05, 0.1) is 6.21 Å². The second-order valence-corrected chi connectivity index (χ2v) is 4.08. The molecule has 98 valence electrons. The first-order chi connectivity index (χ1) is 9.83. The minimum atomic E-state index is -0.258. The van der Waals surface area contributed by atoms with Crippen LogP contribution in [0.25, 0.3) is 11.0 Å². The molecule has 0 fully saturated rings. The highest BCUT2D eigenvalue weighted by Crippen LogP contribution is 2.09. The van der Waals surface area contributed by atoms with Crippen molar-refractivity contribution < 1.29 is 9.42 Å². The van der Waals surface area contributed by atoms with Gasteiger partial charge in [-0.3, -0.25) is 4.79 Å². The van der Waals surface area contributed by atoms with Crippen molar-refractivity contribution in [3.8, 4) is 0 Å². The summed E-state index contributed by atoms with van der Waals surface area (Å²) in [4.78, 5) is 11.7. The van der Waals surface area contributed by atoms with Crippen LogP contribution in [-0.4, -0.2) is 22.4 Å². The number of hydrazone groups is 1. The van der Waals surface area contributed by atoms with Gasteiger partial charge in [-0.1, -0.05) is 24.3 Å². The molecule has 1 N–H and O–H groups in total. The Balaban J connectivity index is 1.69. The zero-order chi connectivity index (χ0) is 13.8. The first kappa shape index (κ1) is 12.0. The summed E-state index contributed by atoms with van der Waals surface area (Å²) in [7, 11) is 0. The van der Waals surface area contributed by atoms with Crippen LogP contribution >= 0.6 is 0 Å². The van der Waals surface area contributed by atoms with Gasteiger partial charge in [0.1, 0.15) is 11.0 Å². The van der Waals surface area contributed by atoms with Crippen LogP contribution in [0.2, 0.25) is 0 Å². The first-order valence-corrected chi connectivity index (χ1v) is 5.94. The molecular weight excluding hydrogens is 256 g/mol. The molecule has 0 bridgehead atoms. The maximum Gasteiger partial charge on any atom is 0.271 e. The molecule has 1 aromatic heterocycles. The lowest BCUT2D eigenvalue weighted by Crippen LogP contribution is -2.17. The number of hydrogen-bond acceptors (Lipinski definition) is 5. The average Bonchev–Trinajstić information content (AvgIpc) is 2.95. The van der Waals surface area contributed by atoms with Gasteiger partial charge in [0.25, 0.3) is 5.91 Å². The molecule has 20 heavy (non-hydrogen) atoms. The van der Waals surface area contributed by atoms with Crippen LogP contribution < -0.4 is 5.43 Å². The summed E-state index contributed by atoms with van der Waals surface area (Å²) in [5.41, 5.74) is 5.13. The van der Waals surface area contributed by atoms with Crippen LogP contribution in [0.5, 0.6) is 0 Å². The van der Waals surface area contributed by atoms with Gasteiger partial charge in [-0.2, -0.15) is 5.10 Å². The van der Waals surface area contributed by atoms with Crippen molar-refractivity contribution in [1.29, 1.82) is 0 Å². The summed E-state index contributed by atoms with van der Waals surface area (Å²) in [5, 5.41) is 11.3. The summed E-state index contributed by atoms with van der Waals surface area (Å²) < 4.78 is 4.61. The number of nitrogens with one attached hydrogen (secondary N) is 1. The van der Waals surface area contributed by atoms with E-state index < -0.39 is 0 Å². The fraction of sp³-hybridized carbons (Fsp3) is 0. The van der Waals surface area contributed by atoms with E-state index in [-0.39, 0.29) is 5.91 Å². The number of rotatable bonds is 3. The van der Waals surface area contributed by atoms with Crippen LogP contribution in [0.3, 0.4) is 0 Å². The SMILES string of the molecule is O=C(N/N=C\c1ccc2nonc2c1)c1ccccc1. The summed E-state index contributed by atoms with van der Waals surface area (Å²) in [6.07, 6.45) is 1.54. The largest absolute Gasteiger partial charge is 0.271 e. The molecule has 0 aliphatic heterocycles. The van der Waals surface area contributed by atoms with Gasteiger partial charge in [0.2, 0.25) is 0 Å². The fourth-order valence-electron chi connectivity index (χ4n) is 1.70. The number of hydrogen-bond donors (Lipinski definition) is 1. The molecule has 0 spiro atoms. The molecule has 0 saturated heterocycles. The van der Waals surface area contributed by atoms with E-state index in [1.54, 1.807) is 36.4 Å². The van der Waals surface area contributed by atoms with Gasteiger partial charge < -0.3 is 0 Å². The number of fused-ring (bicyclic) bond motifs is 1. The van der Waals surface area contributed by atoms with Crippen LogP contribution in [-0.2, 0) is 0 Å². The predicted molar refractivity (Wildman–Crippen MR) is 73.3 cm³/mol. The van der Waals surface area contributed by atoms with Crippen LogP contribution in [0, 0.1) is 0 Å². The second-order valence-electron chi connectivity index (χ2n) is 4.08. The van der Waals surface area contributed by atoms with Gasteiger partial charge in [0, 0.05) is 5.56 Å². The lowest BCUT2D eigenvalue weighted by atomic mass is 10.2. The Morgan fingerprint density at radius 2 is 1.90 bits per heavy atom. The van der Waals surface area contributed by atoms with E-state index in [1.807, 2.05) is 12.1 Å². The minimum Gasteiger partial charge on any atom is -0.267 e. The van der Waals surface area contributed by atoms with Crippen molar-refractivity contribution in [1.82, 2.24) is 15.7 Å². The van der Waals surface area contributed by atoms with E-state index in [2.05, 4.69) is 25.5 Å². The van der Waals surface area contributed by atoms with Crippen molar-refractivity contribution >= 4 is 23.2 Å². The Morgan fingerprint density at radius 1 is 1.10 bits per heavy atom. The standard InChI is InChI=1S/C14H10N4O2/c19-14(11-4-2-1-3-5-11)16-15-9-10-6-7-12-13(8-10)18-20-17-12/h1-9H,(H,16,19)/b15-9-. The second kappa shape index (κ2) is 5.31. The Morgan fingerprint density at radius 3 is 2.75 bits per heavy atom. The molecular formula is C14H10N4O2. The molecule has 3 aromatic rings. The fourth-order valence-corrected chi connectivity index (χ4v) is 1.70. The number of aromatic nitrogens is 2. The zero-order valence-corrected chi connectivity index (χ0v) is 10.4. The molecule has 1 amide bonds. The summed E-state index contributed by atoms with van der Waals surface area (Å²) in [6, 6.07) is 14.2. The van der Waals surface area contributed by atoms with Crippen LogP contribution in [0.15, 0.2) is 58.3 Å². The van der Waals surface area contributed by atoms with Crippen molar-refractivity contribution in [3.05, 3.63) is 59.7 Å². The van der Waals surface area contributed by atoms with Crippen molar-refractivity contribution in [3.63, 3.8) is 0 Å². The number of carbonyl (C=O) groups is 1. The average molecular weight is 266 g/mol. The van der Waals surface area contributed by atoms with E-state index in [9.17, 15) is 4.79 Å². The molecule has 0 unspecified atom stereocenters. The van der Waals surface area contributed by atoms with Gasteiger partial charge >= 0.3 is 0 Å². The third kappa shape index (κ3) is 2.54. The van der Waals surface area contributed by atoms with E-state index in [0.717, 1.165) is 5.56 Å². The Bertz CT molecular complexity index is 765. The molecule has 0 atom stereocenters. The van der Waals surface area contributed by atoms with Crippen molar-refractivity contribution in [2.75, 3.05) is 0 Å². The first-order valence-electron chi connectivity index (χ1n) is 5.94. The third-order valence-corrected chi connectivity index (χ3v) is 2.69.